The molecule has 1 saturated heterocycles. The van der Waals surface area contributed by atoms with Gasteiger partial charge in [0.05, 0.1) is 0 Å². The minimum absolute atomic E-state index is 0.175. The molecule has 3 rings (SSSR count). The zero-order chi connectivity index (χ0) is 12.4. The number of benzene rings is 1. The molecule has 3 heteroatoms. The maximum absolute atomic E-state index is 11.6. The number of carbonyl (C=O) groups is 1. The molecule has 0 bridgehead atoms. The molecule has 2 heterocycles. The van der Waals surface area contributed by atoms with Gasteiger partial charge in [-0.25, -0.2) is 0 Å². The van der Waals surface area contributed by atoms with Crippen molar-refractivity contribution < 1.29 is 4.79 Å². The molecule has 2 nitrogen and oxygen atoms in total. The van der Waals surface area contributed by atoms with E-state index in [1.165, 1.54) is 10.4 Å². The van der Waals surface area contributed by atoms with Crippen molar-refractivity contribution in [2.45, 2.75) is 24.8 Å². The van der Waals surface area contributed by atoms with E-state index >= 15 is 0 Å². The number of nitrogens with one attached hydrogen (secondary N) is 1. The normalized spacial score (nSPS) is 23.0. The zero-order valence-electron chi connectivity index (χ0n) is 10.0. The third kappa shape index (κ3) is 2.31. The quantitative estimate of drug-likeness (QED) is 0.900. The van der Waals surface area contributed by atoms with Crippen molar-refractivity contribution in [2.75, 3.05) is 0 Å². The van der Waals surface area contributed by atoms with Crippen LogP contribution in [-0.4, -0.2) is 11.9 Å². The maximum atomic E-state index is 11.6. The Kier molecular flexibility index (Phi) is 3.15. The second-order valence-corrected chi connectivity index (χ2v) is 5.67. The summed E-state index contributed by atoms with van der Waals surface area (Å²) in [4.78, 5) is 13.0. The molecule has 1 aromatic heterocycles. The molecule has 2 aromatic rings. The van der Waals surface area contributed by atoms with Gasteiger partial charge in [-0.2, -0.15) is 0 Å². The lowest BCUT2D eigenvalue weighted by Gasteiger charge is -2.17. The topological polar surface area (TPSA) is 29.1 Å². The van der Waals surface area contributed by atoms with Crippen LogP contribution in [0.5, 0.6) is 0 Å². The maximum Gasteiger partial charge on any atom is 0.220 e. The van der Waals surface area contributed by atoms with E-state index in [-0.39, 0.29) is 11.9 Å². The molecule has 1 aliphatic heterocycles. The summed E-state index contributed by atoms with van der Waals surface area (Å²) in [5.74, 6) is 0.507. The van der Waals surface area contributed by atoms with Crippen LogP contribution in [0.1, 0.15) is 22.8 Å². The average molecular weight is 257 g/mol. The summed E-state index contributed by atoms with van der Waals surface area (Å²) in [5, 5.41) is 5.19. The van der Waals surface area contributed by atoms with Gasteiger partial charge in [-0.15, -0.1) is 11.3 Å². The summed E-state index contributed by atoms with van der Waals surface area (Å²) in [6.07, 6.45) is 1.53. The Labute approximate surface area is 111 Å². The standard InChI is InChI=1S/C15H15NOS/c17-15-10-12(14-7-4-8-18-14)13(16-15)9-11-5-2-1-3-6-11/h1-8,12-13H,9-10H2,(H,16,17). The Morgan fingerprint density at radius 3 is 2.72 bits per heavy atom. The van der Waals surface area contributed by atoms with Crippen molar-refractivity contribution in [2.24, 2.45) is 0 Å². The van der Waals surface area contributed by atoms with E-state index in [2.05, 4.69) is 35.0 Å². The predicted molar refractivity (Wildman–Crippen MR) is 73.8 cm³/mol. The van der Waals surface area contributed by atoms with Gasteiger partial charge in [0.2, 0.25) is 5.91 Å². The van der Waals surface area contributed by atoms with Crippen LogP contribution in [0.2, 0.25) is 0 Å². The summed E-state index contributed by atoms with van der Waals surface area (Å²) in [7, 11) is 0. The third-order valence-electron chi connectivity index (χ3n) is 3.44. The molecule has 0 aliphatic carbocycles. The Morgan fingerprint density at radius 1 is 1.17 bits per heavy atom. The highest BCUT2D eigenvalue weighted by Crippen LogP contribution is 2.33. The van der Waals surface area contributed by atoms with E-state index in [1.807, 2.05) is 18.2 Å². The number of rotatable bonds is 3. The molecular formula is C15H15NOS. The highest BCUT2D eigenvalue weighted by atomic mass is 32.1. The highest BCUT2D eigenvalue weighted by molar-refractivity contribution is 7.10. The predicted octanol–water partition coefficient (Wildman–Crippen LogP) is 2.96. The summed E-state index contributed by atoms with van der Waals surface area (Å²) in [6, 6.07) is 14.8. The van der Waals surface area contributed by atoms with Gasteiger partial charge in [-0.1, -0.05) is 36.4 Å². The average Bonchev–Trinajstić information content (AvgIpc) is 3.00. The first-order chi connectivity index (χ1) is 8.83. The Bertz CT molecular complexity index is 521. The van der Waals surface area contributed by atoms with E-state index in [0.717, 1.165) is 6.42 Å². The van der Waals surface area contributed by atoms with Crippen LogP contribution in [0, 0.1) is 0 Å². The van der Waals surface area contributed by atoms with Crippen LogP contribution in [0.25, 0.3) is 0 Å². The Hall–Kier alpha value is -1.61. The molecule has 1 aromatic carbocycles. The summed E-state index contributed by atoms with van der Waals surface area (Å²) in [5.41, 5.74) is 1.28. The lowest BCUT2D eigenvalue weighted by molar-refractivity contribution is -0.119. The van der Waals surface area contributed by atoms with Gasteiger partial charge >= 0.3 is 0 Å². The van der Waals surface area contributed by atoms with Crippen LogP contribution in [0.15, 0.2) is 47.8 Å². The first-order valence-corrected chi connectivity index (χ1v) is 7.07. The smallest absolute Gasteiger partial charge is 0.220 e. The fourth-order valence-electron chi connectivity index (χ4n) is 2.57. The molecule has 0 radical (unpaired) electrons. The molecule has 1 amide bonds. The SMILES string of the molecule is O=C1CC(c2cccs2)C(Cc2ccccc2)N1. The van der Waals surface area contributed by atoms with Crippen LogP contribution in [-0.2, 0) is 11.2 Å². The molecule has 2 unspecified atom stereocenters. The number of amides is 1. The van der Waals surface area contributed by atoms with E-state index in [4.69, 9.17) is 0 Å². The number of hydrogen-bond acceptors (Lipinski definition) is 2. The molecule has 0 spiro atoms. The first kappa shape index (κ1) is 11.5. The van der Waals surface area contributed by atoms with Gasteiger partial charge in [0.15, 0.2) is 0 Å². The monoisotopic (exact) mass is 257 g/mol. The molecule has 2 atom stereocenters. The number of thiophene rings is 1. The second kappa shape index (κ2) is 4.94. The molecular weight excluding hydrogens is 242 g/mol. The van der Waals surface area contributed by atoms with E-state index in [9.17, 15) is 4.79 Å². The van der Waals surface area contributed by atoms with Crippen molar-refractivity contribution in [1.29, 1.82) is 0 Å². The van der Waals surface area contributed by atoms with Crippen molar-refractivity contribution in [3.8, 4) is 0 Å². The molecule has 0 saturated carbocycles. The lowest BCUT2D eigenvalue weighted by Crippen LogP contribution is -2.30. The molecule has 18 heavy (non-hydrogen) atoms. The Balaban J connectivity index is 1.80. The van der Waals surface area contributed by atoms with Crippen LogP contribution in [0.4, 0.5) is 0 Å². The Morgan fingerprint density at radius 2 is 2.00 bits per heavy atom. The van der Waals surface area contributed by atoms with Crippen molar-refractivity contribution in [1.82, 2.24) is 5.32 Å². The van der Waals surface area contributed by atoms with Crippen molar-refractivity contribution >= 4 is 17.2 Å². The van der Waals surface area contributed by atoms with Crippen LogP contribution < -0.4 is 5.32 Å². The third-order valence-corrected chi connectivity index (χ3v) is 4.45. The molecule has 1 fully saturated rings. The largest absolute Gasteiger partial charge is 0.352 e. The van der Waals surface area contributed by atoms with E-state index in [0.29, 0.717) is 12.3 Å². The minimum atomic E-state index is 0.175. The highest BCUT2D eigenvalue weighted by Gasteiger charge is 2.33. The fourth-order valence-corrected chi connectivity index (χ4v) is 3.46. The van der Waals surface area contributed by atoms with Crippen LogP contribution in [0.3, 0.4) is 0 Å². The second-order valence-electron chi connectivity index (χ2n) is 4.69. The first-order valence-electron chi connectivity index (χ1n) is 6.19. The summed E-state index contributed by atoms with van der Waals surface area (Å²) in [6.45, 7) is 0. The minimum Gasteiger partial charge on any atom is -0.352 e. The van der Waals surface area contributed by atoms with Crippen LogP contribution >= 0.6 is 11.3 Å². The lowest BCUT2D eigenvalue weighted by atomic mass is 9.93. The fraction of sp³-hybridized carbons (Fsp3) is 0.267. The van der Waals surface area contributed by atoms with Gasteiger partial charge in [0, 0.05) is 23.3 Å². The van der Waals surface area contributed by atoms with Gasteiger partial charge in [0.1, 0.15) is 0 Å². The summed E-state index contributed by atoms with van der Waals surface area (Å²) < 4.78 is 0. The van der Waals surface area contributed by atoms with Gasteiger partial charge in [0.25, 0.3) is 0 Å². The van der Waals surface area contributed by atoms with E-state index in [1.54, 1.807) is 11.3 Å². The molecule has 1 aliphatic rings. The summed E-state index contributed by atoms with van der Waals surface area (Å²) >= 11 is 1.74. The number of carbonyl (C=O) groups excluding carboxylic acids is 1. The van der Waals surface area contributed by atoms with Gasteiger partial charge in [-0.05, 0) is 23.4 Å². The molecule has 92 valence electrons. The zero-order valence-corrected chi connectivity index (χ0v) is 10.8. The number of hydrogen-bond donors (Lipinski definition) is 1. The van der Waals surface area contributed by atoms with Crippen molar-refractivity contribution in [3.05, 3.63) is 58.3 Å². The molecule has 1 N–H and O–H groups in total. The van der Waals surface area contributed by atoms with Gasteiger partial charge in [-0.3, -0.25) is 4.79 Å². The van der Waals surface area contributed by atoms with Gasteiger partial charge < -0.3 is 5.32 Å². The van der Waals surface area contributed by atoms with Crippen molar-refractivity contribution in [3.63, 3.8) is 0 Å². The van der Waals surface area contributed by atoms with E-state index < -0.39 is 0 Å².